The van der Waals surface area contributed by atoms with Crippen LogP contribution in [0, 0.1) is 6.92 Å². The van der Waals surface area contributed by atoms with E-state index in [1.165, 1.54) is 11.3 Å². The molecule has 0 saturated heterocycles. The van der Waals surface area contributed by atoms with E-state index in [0.29, 0.717) is 5.56 Å². The average Bonchev–Trinajstić information content (AvgIpc) is 2.67. The molecule has 2 N–H and O–H groups in total. The van der Waals surface area contributed by atoms with Gasteiger partial charge in [-0.1, -0.05) is 0 Å². The Kier molecular flexibility index (Phi) is 3.48. The first-order valence-electron chi connectivity index (χ1n) is 6.40. The SMILES string of the molecule is CCn1c(C)[n+](CC)c2ccc(C(=O)CN)cc21. The average molecular weight is 246 g/mol. The number of carbonyl (C=O) groups excluding carboxylic acids is 1. The van der Waals surface area contributed by atoms with Gasteiger partial charge in [-0.25, -0.2) is 9.13 Å². The first-order chi connectivity index (χ1) is 8.63. The highest BCUT2D eigenvalue weighted by molar-refractivity contribution is 5.99. The van der Waals surface area contributed by atoms with Crippen molar-refractivity contribution in [3.63, 3.8) is 0 Å². The summed E-state index contributed by atoms with van der Waals surface area (Å²) in [7, 11) is 0. The molecule has 0 saturated carbocycles. The van der Waals surface area contributed by atoms with Gasteiger partial charge < -0.3 is 5.73 Å². The van der Waals surface area contributed by atoms with E-state index in [9.17, 15) is 4.79 Å². The number of benzene rings is 1. The normalized spacial score (nSPS) is 11.1. The number of carbonyl (C=O) groups is 1. The number of hydrogen-bond donors (Lipinski definition) is 1. The molecule has 1 aromatic carbocycles. The zero-order valence-corrected chi connectivity index (χ0v) is 11.2. The van der Waals surface area contributed by atoms with E-state index in [-0.39, 0.29) is 12.3 Å². The van der Waals surface area contributed by atoms with E-state index < -0.39 is 0 Å². The molecule has 2 aromatic rings. The van der Waals surface area contributed by atoms with Crippen LogP contribution in [0.3, 0.4) is 0 Å². The maximum atomic E-state index is 11.7. The number of imidazole rings is 1. The number of aryl methyl sites for hydroxylation is 2. The van der Waals surface area contributed by atoms with Gasteiger partial charge in [0, 0.05) is 18.6 Å². The van der Waals surface area contributed by atoms with Gasteiger partial charge in [-0.05, 0) is 26.0 Å². The lowest BCUT2D eigenvalue weighted by Gasteiger charge is -1.98. The molecule has 4 heteroatoms. The lowest BCUT2D eigenvalue weighted by atomic mass is 10.1. The Balaban J connectivity index is 2.72. The van der Waals surface area contributed by atoms with Crippen LogP contribution in [-0.4, -0.2) is 16.9 Å². The van der Waals surface area contributed by atoms with Gasteiger partial charge in [-0.3, -0.25) is 4.79 Å². The Morgan fingerprint density at radius 1 is 1.39 bits per heavy atom. The molecular formula is C14H20N3O+. The summed E-state index contributed by atoms with van der Waals surface area (Å²) in [5, 5.41) is 0. The smallest absolute Gasteiger partial charge is 0.254 e. The topological polar surface area (TPSA) is 51.9 Å². The van der Waals surface area contributed by atoms with Crippen molar-refractivity contribution in [1.29, 1.82) is 0 Å². The van der Waals surface area contributed by atoms with Crippen LogP contribution in [-0.2, 0) is 13.1 Å². The molecule has 2 rings (SSSR count). The molecule has 0 aliphatic heterocycles. The van der Waals surface area contributed by atoms with Gasteiger partial charge in [0.2, 0.25) is 0 Å². The molecule has 0 atom stereocenters. The summed E-state index contributed by atoms with van der Waals surface area (Å²) in [6.45, 7) is 8.24. The summed E-state index contributed by atoms with van der Waals surface area (Å²) in [5.74, 6) is 1.20. The van der Waals surface area contributed by atoms with Crippen molar-refractivity contribution >= 4 is 16.8 Å². The van der Waals surface area contributed by atoms with Gasteiger partial charge in [0.15, 0.2) is 16.8 Å². The summed E-state index contributed by atoms with van der Waals surface area (Å²) in [6, 6.07) is 5.83. The van der Waals surface area contributed by atoms with Crippen LogP contribution in [0.4, 0.5) is 0 Å². The quantitative estimate of drug-likeness (QED) is 0.655. The minimum Gasteiger partial charge on any atom is -0.324 e. The predicted octanol–water partition coefficient (Wildman–Crippen LogP) is 1.42. The number of hydrogen-bond acceptors (Lipinski definition) is 2. The van der Waals surface area contributed by atoms with Crippen LogP contribution in [0.2, 0.25) is 0 Å². The molecule has 4 nitrogen and oxygen atoms in total. The molecule has 0 aliphatic rings. The van der Waals surface area contributed by atoms with Crippen molar-refractivity contribution < 1.29 is 9.36 Å². The number of nitrogens with two attached hydrogens (primary N) is 1. The molecule has 18 heavy (non-hydrogen) atoms. The summed E-state index contributed by atoms with van der Waals surface area (Å²) in [4.78, 5) is 11.7. The molecule has 0 fully saturated rings. The third-order valence-corrected chi connectivity index (χ3v) is 3.48. The van der Waals surface area contributed by atoms with Crippen molar-refractivity contribution in [2.45, 2.75) is 33.9 Å². The minimum absolute atomic E-state index is 0.0125. The Bertz CT molecular complexity index is 599. The fourth-order valence-corrected chi connectivity index (χ4v) is 2.55. The van der Waals surface area contributed by atoms with Crippen LogP contribution in [0.1, 0.15) is 30.0 Å². The molecular weight excluding hydrogens is 226 g/mol. The third-order valence-electron chi connectivity index (χ3n) is 3.48. The van der Waals surface area contributed by atoms with Gasteiger partial charge in [0.25, 0.3) is 5.82 Å². The standard InChI is InChI=1S/C14H20N3O/c1-4-16-10(3)17(5-2)13-8-11(14(18)9-15)6-7-12(13)16/h6-8H,4-5,9,15H2,1-3H3/q+1. The number of ketones is 1. The predicted molar refractivity (Wildman–Crippen MR) is 71.6 cm³/mol. The largest absolute Gasteiger partial charge is 0.324 e. The van der Waals surface area contributed by atoms with Crippen LogP contribution in [0.25, 0.3) is 11.0 Å². The van der Waals surface area contributed by atoms with Gasteiger partial charge in [-0.15, -0.1) is 0 Å². The van der Waals surface area contributed by atoms with Gasteiger partial charge in [0.1, 0.15) is 0 Å². The Morgan fingerprint density at radius 3 is 2.67 bits per heavy atom. The van der Waals surface area contributed by atoms with Crippen molar-refractivity contribution in [2.75, 3.05) is 6.54 Å². The van der Waals surface area contributed by atoms with Gasteiger partial charge >= 0.3 is 0 Å². The van der Waals surface area contributed by atoms with E-state index in [4.69, 9.17) is 5.73 Å². The molecule has 0 spiro atoms. The third kappa shape index (κ3) is 1.82. The maximum absolute atomic E-state index is 11.7. The highest BCUT2D eigenvalue weighted by Gasteiger charge is 2.20. The number of nitrogens with zero attached hydrogens (tertiary/aromatic N) is 2. The van der Waals surface area contributed by atoms with Gasteiger partial charge in [-0.2, -0.15) is 0 Å². The zero-order valence-electron chi connectivity index (χ0n) is 11.2. The number of rotatable bonds is 4. The lowest BCUT2D eigenvalue weighted by molar-refractivity contribution is -0.674. The number of fused-ring (bicyclic) bond motifs is 1. The molecule has 96 valence electrons. The van der Waals surface area contributed by atoms with Crippen LogP contribution in [0.15, 0.2) is 18.2 Å². The first kappa shape index (κ1) is 12.8. The lowest BCUT2D eigenvalue weighted by Crippen LogP contribution is -2.35. The summed E-state index contributed by atoms with van der Waals surface area (Å²) >= 11 is 0. The van der Waals surface area contributed by atoms with Gasteiger partial charge in [0.05, 0.1) is 19.6 Å². The number of Topliss-reactive ketones (excluding diaryl/α,β-unsaturated/α-hetero) is 1. The summed E-state index contributed by atoms with van der Waals surface area (Å²) in [5.41, 5.74) is 8.39. The van der Waals surface area contributed by atoms with E-state index in [0.717, 1.165) is 18.6 Å². The highest BCUT2D eigenvalue weighted by atomic mass is 16.1. The van der Waals surface area contributed by atoms with Crippen LogP contribution in [0.5, 0.6) is 0 Å². The summed E-state index contributed by atoms with van der Waals surface area (Å²) < 4.78 is 4.49. The molecule has 0 radical (unpaired) electrons. The van der Waals surface area contributed by atoms with E-state index in [1.54, 1.807) is 0 Å². The maximum Gasteiger partial charge on any atom is 0.254 e. The van der Waals surface area contributed by atoms with E-state index in [2.05, 4.69) is 29.9 Å². The minimum atomic E-state index is -0.0125. The van der Waals surface area contributed by atoms with Crippen LogP contribution >= 0.6 is 0 Å². The van der Waals surface area contributed by atoms with E-state index in [1.807, 2.05) is 18.2 Å². The molecule has 0 aliphatic carbocycles. The fourth-order valence-electron chi connectivity index (χ4n) is 2.55. The number of aromatic nitrogens is 2. The first-order valence-corrected chi connectivity index (χ1v) is 6.40. The zero-order chi connectivity index (χ0) is 13.3. The molecule has 0 unspecified atom stereocenters. The highest BCUT2D eigenvalue weighted by Crippen LogP contribution is 2.17. The Labute approximate surface area is 107 Å². The van der Waals surface area contributed by atoms with E-state index >= 15 is 0 Å². The van der Waals surface area contributed by atoms with Crippen molar-refractivity contribution in [1.82, 2.24) is 4.57 Å². The second-order valence-corrected chi connectivity index (χ2v) is 4.37. The second kappa shape index (κ2) is 4.90. The van der Waals surface area contributed by atoms with Crippen molar-refractivity contribution in [2.24, 2.45) is 5.73 Å². The van der Waals surface area contributed by atoms with Crippen LogP contribution < -0.4 is 10.3 Å². The Morgan fingerprint density at radius 2 is 2.11 bits per heavy atom. The molecule has 0 bridgehead atoms. The fraction of sp³-hybridized carbons (Fsp3) is 0.429. The summed E-state index contributed by atoms with van der Waals surface area (Å²) in [6.07, 6.45) is 0. The second-order valence-electron chi connectivity index (χ2n) is 4.37. The molecule has 0 amide bonds. The monoisotopic (exact) mass is 246 g/mol. The Hall–Kier alpha value is -1.68. The molecule has 1 aromatic heterocycles. The van der Waals surface area contributed by atoms with Crippen molar-refractivity contribution in [3.8, 4) is 0 Å². The van der Waals surface area contributed by atoms with Crippen molar-refractivity contribution in [3.05, 3.63) is 29.6 Å². The molecule has 1 heterocycles.